The van der Waals surface area contributed by atoms with Crippen molar-refractivity contribution in [2.45, 2.75) is 12.8 Å². The number of sulfonamides is 1. The quantitative estimate of drug-likeness (QED) is 0.652. The van der Waals surface area contributed by atoms with E-state index in [2.05, 4.69) is 30.6 Å². The summed E-state index contributed by atoms with van der Waals surface area (Å²) in [7, 11) is -3.24. The van der Waals surface area contributed by atoms with Crippen LogP contribution in [0.25, 0.3) is 21.9 Å². The van der Waals surface area contributed by atoms with E-state index in [1.54, 1.807) is 6.20 Å². The number of hydrogen-bond donors (Lipinski definition) is 2. The highest BCUT2D eigenvalue weighted by atomic mass is 32.2. The van der Waals surface area contributed by atoms with Crippen LogP contribution >= 0.6 is 0 Å². The van der Waals surface area contributed by atoms with E-state index in [0.717, 1.165) is 66.6 Å². The van der Waals surface area contributed by atoms with Gasteiger partial charge in [-0.2, -0.15) is 0 Å². The number of pyridine rings is 2. The van der Waals surface area contributed by atoms with Crippen molar-refractivity contribution in [1.82, 2.24) is 24.6 Å². The first-order valence-electron chi connectivity index (χ1n) is 9.74. The van der Waals surface area contributed by atoms with Crippen LogP contribution in [0.3, 0.4) is 0 Å². The Hall–Kier alpha value is -2.23. The predicted octanol–water partition coefficient (Wildman–Crippen LogP) is 1.52. The van der Waals surface area contributed by atoms with Gasteiger partial charge in [0.25, 0.3) is 0 Å². The average molecular weight is 401 g/mol. The largest absolute Gasteiger partial charge is 0.368 e. The molecule has 28 heavy (non-hydrogen) atoms. The van der Waals surface area contributed by atoms with Gasteiger partial charge >= 0.3 is 0 Å². The van der Waals surface area contributed by atoms with Gasteiger partial charge in [0.05, 0.1) is 11.7 Å². The maximum absolute atomic E-state index is 12.3. The summed E-state index contributed by atoms with van der Waals surface area (Å²) in [5, 5.41) is 2.16. The molecule has 3 aromatic heterocycles. The Bertz CT molecular complexity index is 1100. The van der Waals surface area contributed by atoms with Crippen LogP contribution in [0.1, 0.15) is 12.8 Å². The van der Waals surface area contributed by atoms with Gasteiger partial charge in [0.2, 0.25) is 10.0 Å². The minimum atomic E-state index is -3.24. The summed E-state index contributed by atoms with van der Waals surface area (Å²) in [4.78, 5) is 16.3. The monoisotopic (exact) mass is 400 g/mol. The van der Waals surface area contributed by atoms with Gasteiger partial charge in [0.1, 0.15) is 5.88 Å². The molecule has 1 saturated carbocycles. The summed E-state index contributed by atoms with van der Waals surface area (Å²) in [5.41, 5.74) is 2.87. The average Bonchev–Trinajstić information content (AvgIpc) is 3.41. The Labute approximate surface area is 164 Å². The predicted molar refractivity (Wildman–Crippen MR) is 110 cm³/mol. The Morgan fingerprint density at radius 2 is 1.96 bits per heavy atom. The molecule has 0 bridgehead atoms. The van der Waals surface area contributed by atoms with E-state index in [4.69, 9.17) is 0 Å². The highest BCUT2D eigenvalue weighted by Gasteiger charge is 2.26. The molecule has 0 atom stereocenters. The summed E-state index contributed by atoms with van der Waals surface area (Å²) in [6.07, 6.45) is 7.82. The number of piperazine rings is 1. The topological polar surface area (TPSA) is 94.2 Å². The number of hydrogen-bond acceptors (Lipinski definition) is 6. The maximum atomic E-state index is 12.3. The molecule has 8 nitrogen and oxygen atoms in total. The lowest BCUT2D eigenvalue weighted by atomic mass is 10.1. The number of H-pyrrole nitrogens is 1. The van der Waals surface area contributed by atoms with E-state index in [1.165, 1.54) is 0 Å². The van der Waals surface area contributed by atoms with Crippen LogP contribution in [-0.2, 0) is 10.0 Å². The zero-order valence-electron chi connectivity index (χ0n) is 15.6. The summed E-state index contributed by atoms with van der Waals surface area (Å²) in [6.45, 7) is 3.60. The molecule has 1 aliphatic heterocycles. The number of anilines is 1. The van der Waals surface area contributed by atoms with Gasteiger partial charge in [-0.1, -0.05) is 0 Å². The third kappa shape index (κ3) is 3.57. The zero-order valence-corrected chi connectivity index (χ0v) is 16.5. The highest BCUT2D eigenvalue weighted by Crippen LogP contribution is 2.31. The SMILES string of the molecule is O=S(=O)(CN1CCN(c2cc[nH]c3cnc4nccc4c23)CC1)NCC1CC1. The molecule has 0 unspecified atom stereocenters. The van der Waals surface area contributed by atoms with E-state index in [-0.39, 0.29) is 5.88 Å². The fourth-order valence-electron chi connectivity index (χ4n) is 3.87. The first kappa shape index (κ1) is 17.8. The van der Waals surface area contributed by atoms with Crippen LogP contribution in [0.5, 0.6) is 0 Å². The highest BCUT2D eigenvalue weighted by molar-refractivity contribution is 7.89. The molecule has 9 heteroatoms. The molecule has 0 aromatic carbocycles. The summed E-state index contributed by atoms with van der Waals surface area (Å²) in [6, 6.07) is 4.08. The van der Waals surface area contributed by atoms with E-state index < -0.39 is 10.0 Å². The molecule has 0 amide bonds. The van der Waals surface area contributed by atoms with Gasteiger partial charge in [-0.05, 0) is 30.9 Å². The molecule has 4 heterocycles. The number of nitrogens with zero attached hydrogens (tertiary/aromatic N) is 4. The second-order valence-electron chi connectivity index (χ2n) is 7.73. The van der Waals surface area contributed by atoms with E-state index in [1.807, 2.05) is 23.4 Å². The maximum Gasteiger partial charge on any atom is 0.224 e. The Balaban J connectivity index is 1.31. The number of rotatable bonds is 6. The lowest BCUT2D eigenvalue weighted by Crippen LogP contribution is -2.49. The van der Waals surface area contributed by atoms with Crippen LogP contribution in [-0.4, -0.2) is 66.9 Å². The van der Waals surface area contributed by atoms with Gasteiger partial charge in [-0.25, -0.2) is 23.1 Å². The lowest BCUT2D eigenvalue weighted by Gasteiger charge is -2.36. The second kappa shape index (κ2) is 6.98. The number of fused-ring (bicyclic) bond motifs is 3. The van der Waals surface area contributed by atoms with Crippen molar-refractivity contribution in [3.8, 4) is 0 Å². The van der Waals surface area contributed by atoms with Crippen LogP contribution in [0.2, 0.25) is 0 Å². The molecule has 1 saturated heterocycles. The van der Waals surface area contributed by atoms with Gasteiger partial charge in [0.15, 0.2) is 5.65 Å². The molecule has 0 radical (unpaired) electrons. The summed E-state index contributed by atoms with van der Waals surface area (Å²) < 4.78 is 27.3. The van der Waals surface area contributed by atoms with Gasteiger partial charge in [-0.15, -0.1) is 0 Å². The Morgan fingerprint density at radius 1 is 1.14 bits per heavy atom. The fourth-order valence-corrected chi connectivity index (χ4v) is 5.19. The van der Waals surface area contributed by atoms with Crippen LogP contribution in [0, 0.1) is 5.92 Å². The summed E-state index contributed by atoms with van der Waals surface area (Å²) in [5.74, 6) is 0.629. The lowest BCUT2D eigenvalue weighted by molar-refractivity contribution is 0.293. The van der Waals surface area contributed by atoms with Crippen molar-refractivity contribution in [2.24, 2.45) is 5.92 Å². The molecule has 148 valence electrons. The molecule has 2 aliphatic rings. The Kier molecular flexibility index (Phi) is 4.45. The van der Waals surface area contributed by atoms with Crippen molar-refractivity contribution < 1.29 is 8.42 Å². The van der Waals surface area contributed by atoms with Crippen molar-refractivity contribution >= 4 is 37.6 Å². The van der Waals surface area contributed by atoms with Crippen molar-refractivity contribution in [2.75, 3.05) is 43.5 Å². The third-order valence-electron chi connectivity index (χ3n) is 5.62. The molecule has 2 N–H and O–H groups in total. The van der Waals surface area contributed by atoms with Crippen molar-refractivity contribution in [3.05, 3.63) is 30.7 Å². The molecule has 0 spiro atoms. The minimum absolute atomic E-state index is 0.0812. The number of aromatic amines is 1. The number of aromatic nitrogens is 3. The smallest absolute Gasteiger partial charge is 0.224 e. The Morgan fingerprint density at radius 3 is 2.75 bits per heavy atom. The van der Waals surface area contributed by atoms with Gasteiger partial charge in [-0.3, -0.25) is 4.90 Å². The van der Waals surface area contributed by atoms with Crippen LogP contribution < -0.4 is 9.62 Å². The molecular formula is C19H24N6O2S. The van der Waals surface area contributed by atoms with Crippen LogP contribution in [0.4, 0.5) is 5.69 Å². The molecule has 1 aliphatic carbocycles. The second-order valence-corrected chi connectivity index (χ2v) is 9.51. The standard InChI is InChI=1S/C19H24N6O2S/c26-28(27,23-11-14-1-2-14)13-24-7-9-25(10-8-24)17-4-6-20-16-12-22-19-15(18(16)17)3-5-21-19/h3-6,12,14,20,23H,1-2,7-11,13H2. The van der Waals surface area contributed by atoms with E-state index >= 15 is 0 Å². The van der Waals surface area contributed by atoms with Gasteiger partial charge in [0, 0.05) is 61.6 Å². The third-order valence-corrected chi connectivity index (χ3v) is 6.94. The first-order chi connectivity index (χ1) is 13.6. The number of nitrogens with one attached hydrogen (secondary N) is 2. The van der Waals surface area contributed by atoms with Crippen molar-refractivity contribution in [3.63, 3.8) is 0 Å². The molecule has 2 fully saturated rings. The summed E-state index contributed by atoms with van der Waals surface area (Å²) >= 11 is 0. The normalized spacial score (nSPS) is 18.9. The molecular weight excluding hydrogens is 376 g/mol. The van der Waals surface area contributed by atoms with E-state index in [0.29, 0.717) is 12.5 Å². The molecule has 3 aromatic rings. The van der Waals surface area contributed by atoms with Crippen molar-refractivity contribution in [1.29, 1.82) is 0 Å². The van der Waals surface area contributed by atoms with E-state index in [9.17, 15) is 8.42 Å². The molecule has 5 rings (SSSR count). The fraction of sp³-hybridized carbons (Fsp3) is 0.474. The first-order valence-corrected chi connectivity index (χ1v) is 11.4. The van der Waals surface area contributed by atoms with Gasteiger partial charge < -0.3 is 9.88 Å². The minimum Gasteiger partial charge on any atom is -0.368 e. The zero-order chi connectivity index (χ0) is 19.1. The van der Waals surface area contributed by atoms with Crippen LogP contribution in [0.15, 0.2) is 30.7 Å².